The highest BCUT2D eigenvalue weighted by Gasteiger charge is 2.24. The van der Waals surface area contributed by atoms with Crippen molar-refractivity contribution in [3.63, 3.8) is 0 Å². The van der Waals surface area contributed by atoms with Crippen molar-refractivity contribution in [3.8, 4) is 0 Å². The van der Waals surface area contributed by atoms with E-state index in [1.165, 1.54) is 0 Å². The number of alkyl halides is 1. The Kier molecular flexibility index (Phi) is 9.64. The van der Waals surface area contributed by atoms with Gasteiger partial charge in [0.05, 0.1) is 0 Å². The Hall–Kier alpha value is -0.140. The number of hydrogen-bond acceptors (Lipinski definition) is 6. The second-order valence-corrected chi connectivity index (χ2v) is 8.85. The molecule has 0 aromatic rings. The molecule has 0 spiro atoms. The molecule has 4 nitrogen and oxygen atoms in total. The van der Waals surface area contributed by atoms with Crippen molar-refractivity contribution < 1.29 is 19.1 Å². The molecule has 0 N–H and O–H groups in total. The van der Waals surface area contributed by atoms with Gasteiger partial charge in [-0.05, 0) is 20.8 Å². The van der Waals surface area contributed by atoms with E-state index in [2.05, 4.69) is 22.5 Å². The van der Waals surface area contributed by atoms with E-state index in [1.807, 2.05) is 0 Å². The van der Waals surface area contributed by atoms with Crippen LogP contribution in [0.2, 0.25) is 0 Å². The summed E-state index contributed by atoms with van der Waals surface area (Å²) in [6.45, 7) is 9.32. The maximum Gasteiger partial charge on any atom is 0.333 e. The van der Waals surface area contributed by atoms with Gasteiger partial charge in [0.25, 0.3) is 0 Å². The van der Waals surface area contributed by atoms with Crippen LogP contribution < -0.4 is 0 Å². The molecule has 0 aliphatic carbocycles. The smallest absolute Gasteiger partial charge is 0.333 e. The van der Waals surface area contributed by atoms with Gasteiger partial charge in [0.2, 0.25) is 0 Å². The van der Waals surface area contributed by atoms with Crippen LogP contribution in [-0.4, -0.2) is 41.0 Å². The number of rotatable bonds is 9. The van der Waals surface area contributed by atoms with E-state index >= 15 is 0 Å². The molecule has 0 amide bonds. The van der Waals surface area contributed by atoms with E-state index in [-0.39, 0.29) is 11.9 Å². The average molecular weight is 371 g/mol. The third-order valence-electron chi connectivity index (χ3n) is 1.72. The van der Waals surface area contributed by atoms with Gasteiger partial charge in [-0.2, -0.15) is 0 Å². The van der Waals surface area contributed by atoms with Gasteiger partial charge in [-0.3, -0.25) is 4.79 Å². The maximum atomic E-state index is 11.4. The number of carbonyl (C=O) groups excluding carboxylic acids is 2. The Balaban J connectivity index is 3.40. The highest BCUT2D eigenvalue weighted by atomic mass is 79.9. The lowest BCUT2D eigenvalue weighted by Crippen LogP contribution is -2.27. The largest absolute Gasteiger partial charge is 0.464 e. The van der Waals surface area contributed by atoms with Gasteiger partial charge in [0.15, 0.2) is 0 Å². The minimum Gasteiger partial charge on any atom is -0.464 e. The van der Waals surface area contributed by atoms with Gasteiger partial charge in [-0.25, -0.2) is 4.79 Å². The fourth-order valence-corrected chi connectivity index (χ4v) is 2.52. The fraction of sp³-hybridized carbons (Fsp3) is 0.667. The van der Waals surface area contributed by atoms with Gasteiger partial charge in [0, 0.05) is 17.1 Å². The van der Waals surface area contributed by atoms with Crippen molar-refractivity contribution in [2.75, 3.05) is 24.7 Å². The number of ether oxygens (including phenoxy) is 2. The maximum absolute atomic E-state index is 11.4. The SMILES string of the molecule is C=C(C)C(=O)OCCSSCCOC(=O)C(C)(C)Br. The lowest BCUT2D eigenvalue weighted by molar-refractivity contribution is -0.144. The predicted octanol–water partition coefficient (Wildman–Crippen LogP) is 3.20. The molecule has 0 saturated carbocycles. The summed E-state index contributed by atoms with van der Waals surface area (Å²) in [6.07, 6.45) is 0. The quantitative estimate of drug-likeness (QED) is 0.204. The first-order valence-corrected chi connectivity index (χ1v) is 8.96. The third-order valence-corrected chi connectivity index (χ3v) is 4.37. The monoisotopic (exact) mass is 370 g/mol. The summed E-state index contributed by atoms with van der Waals surface area (Å²) < 4.78 is 9.36. The first-order valence-electron chi connectivity index (χ1n) is 5.68. The minimum atomic E-state index is -0.637. The van der Waals surface area contributed by atoms with E-state index in [0.717, 1.165) is 0 Å². The van der Waals surface area contributed by atoms with Crippen LogP contribution in [0.1, 0.15) is 20.8 Å². The zero-order valence-corrected chi connectivity index (χ0v) is 14.6. The van der Waals surface area contributed by atoms with Gasteiger partial charge in [-0.15, -0.1) is 0 Å². The van der Waals surface area contributed by atoms with Crippen LogP contribution in [0.25, 0.3) is 0 Å². The lowest BCUT2D eigenvalue weighted by Gasteiger charge is -2.14. The van der Waals surface area contributed by atoms with Crippen molar-refractivity contribution in [3.05, 3.63) is 12.2 Å². The van der Waals surface area contributed by atoms with E-state index < -0.39 is 4.32 Å². The van der Waals surface area contributed by atoms with E-state index in [9.17, 15) is 9.59 Å². The minimum absolute atomic E-state index is 0.270. The number of halogens is 1. The van der Waals surface area contributed by atoms with Gasteiger partial charge >= 0.3 is 11.9 Å². The van der Waals surface area contributed by atoms with Crippen LogP contribution in [0.4, 0.5) is 0 Å². The molecule has 19 heavy (non-hydrogen) atoms. The summed E-state index contributed by atoms with van der Waals surface area (Å²) in [6, 6.07) is 0. The second-order valence-electron chi connectivity index (χ2n) is 4.17. The van der Waals surface area contributed by atoms with Crippen molar-refractivity contribution in [2.45, 2.75) is 25.1 Å². The fourth-order valence-electron chi connectivity index (χ4n) is 0.749. The van der Waals surface area contributed by atoms with Crippen LogP contribution in [0.3, 0.4) is 0 Å². The molecule has 0 bridgehead atoms. The lowest BCUT2D eigenvalue weighted by atomic mass is 10.2. The number of hydrogen-bond donors (Lipinski definition) is 0. The third kappa shape index (κ3) is 10.3. The molecule has 110 valence electrons. The Morgan fingerprint density at radius 3 is 2.05 bits per heavy atom. The molecule has 0 radical (unpaired) electrons. The molecule has 0 aliphatic rings. The molecular weight excluding hydrogens is 352 g/mol. The van der Waals surface area contributed by atoms with Crippen LogP contribution in [0.15, 0.2) is 12.2 Å². The molecule has 0 fully saturated rings. The summed E-state index contributed by atoms with van der Waals surface area (Å²) >= 11 is 3.23. The first-order chi connectivity index (χ1) is 8.75. The second kappa shape index (κ2) is 9.72. The highest BCUT2D eigenvalue weighted by molar-refractivity contribution is 9.10. The van der Waals surface area contributed by atoms with Gasteiger partial charge in [-0.1, -0.05) is 44.1 Å². The summed E-state index contributed by atoms with van der Waals surface area (Å²) in [5, 5.41) is 0. The Bertz CT molecular complexity index is 326. The predicted molar refractivity (Wildman–Crippen MR) is 84.7 cm³/mol. The molecule has 0 saturated heterocycles. The molecule has 7 heteroatoms. The molecule has 0 rings (SSSR count). The molecule has 0 aromatic carbocycles. The standard InChI is InChI=1S/C12H19BrO4S2/c1-9(2)10(14)16-5-7-18-19-8-6-17-11(15)12(3,4)13/h1,5-8H2,2-4H3. The summed E-state index contributed by atoms with van der Waals surface area (Å²) in [7, 11) is 3.15. The molecule has 0 aliphatic heterocycles. The molecule has 0 heterocycles. The molecule has 0 atom stereocenters. The van der Waals surface area contributed by atoms with Crippen molar-refractivity contribution >= 4 is 49.5 Å². The zero-order valence-electron chi connectivity index (χ0n) is 11.4. The van der Waals surface area contributed by atoms with E-state index in [4.69, 9.17) is 9.47 Å². The van der Waals surface area contributed by atoms with E-state index in [1.54, 1.807) is 42.4 Å². The van der Waals surface area contributed by atoms with Crippen LogP contribution >= 0.6 is 37.5 Å². The van der Waals surface area contributed by atoms with Gasteiger partial charge in [0.1, 0.15) is 17.5 Å². The highest BCUT2D eigenvalue weighted by Crippen LogP contribution is 2.21. The Labute approximate surface area is 130 Å². The zero-order chi connectivity index (χ0) is 14.9. The summed E-state index contributed by atoms with van der Waals surface area (Å²) in [4.78, 5) is 22.4. The molecule has 0 aromatic heterocycles. The average Bonchev–Trinajstić information content (AvgIpc) is 2.30. The van der Waals surface area contributed by atoms with Crippen LogP contribution in [0.5, 0.6) is 0 Å². The number of esters is 2. The first kappa shape index (κ1) is 18.9. The van der Waals surface area contributed by atoms with Crippen molar-refractivity contribution in [2.24, 2.45) is 0 Å². The molecular formula is C12H19BrO4S2. The normalized spacial score (nSPS) is 10.9. The van der Waals surface area contributed by atoms with E-state index in [0.29, 0.717) is 30.3 Å². The topological polar surface area (TPSA) is 52.6 Å². The van der Waals surface area contributed by atoms with Crippen molar-refractivity contribution in [1.29, 1.82) is 0 Å². The Morgan fingerprint density at radius 2 is 1.63 bits per heavy atom. The molecule has 0 unspecified atom stereocenters. The van der Waals surface area contributed by atoms with Gasteiger partial charge < -0.3 is 9.47 Å². The summed E-state index contributed by atoms with van der Waals surface area (Å²) in [5.41, 5.74) is 0.405. The Morgan fingerprint density at radius 1 is 1.16 bits per heavy atom. The van der Waals surface area contributed by atoms with Crippen molar-refractivity contribution in [1.82, 2.24) is 0 Å². The van der Waals surface area contributed by atoms with Crippen LogP contribution in [-0.2, 0) is 19.1 Å². The number of carbonyl (C=O) groups is 2. The van der Waals surface area contributed by atoms with Crippen LogP contribution in [0, 0.1) is 0 Å². The summed E-state index contributed by atoms with van der Waals surface area (Å²) in [5.74, 6) is 0.766.